The minimum absolute atomic E-state index is 0.0889. The molecule has 1 heterocycles. The van der Waals surface area contributed by atoms with Crippen molar-refractivity contribution in [3.05, 3.63) is 66.5 Å². The maximum absolute atomic E-state index is 8.88. The summed E-state index contributed by atoms with van der Waals surface area (Å²) in [4.78, 5) is 0. The molecule has 3 rings (SSSR count). The lowest BCUT2D eigenvalue weighted by molar-refractivity contribution is 0.298. The Morgan fingerprint density at radius 1 is 0.900 bits per heavy atom. The van der Waals surface area contributed by atoms with Gasteiger partial charge in [-0.2, -0.15) is 0 Å². The van der Waals surface area contributed by atoms with Gasteiger partial charge in [0.1, 0.15) is 0 Å². The van der Waals surface area contributed by atoms with Crippen LogP contribution in [0.15, 0.2) is 60.8 Å². The molecule has 0 atom stereocenters. The normalized spacial score (nSPS) is 10.7. The summed E-state index contributed by atoms with van der Waals surface area (Å²) in [5, 5.41) is 17.0. The number of aromatic nitrogens is 3. The average Bonchev–Trinajstić information content (AvgIpc) is 2.97. The highest BCUT2D eigenvalue weighted by molar-refractivity contribution is 5.64. The molecule has 0 aliphatic heterocycles. The van der Waals surface area contributed by atoms with Gasteiger partial charge < -0.3 is 5.11 Å². The van der Waals surface area contributed by atoms with E-state index in [9.17, 15) is 0 Å². The summed E-state index contributed by atoms with van der Waals surface area (Å²) in [5.41, 5.74) is 4.12. The second-order valence-electron chi connectivity index (χ2n) is 4.54. The van der Waals surface area contributed by atoms with Crippen molar-refractivity contribution >= 4 is 0 Å². The molecule has 2 aromatic carbocycles. The Morgan fingerprint density at radius 3 is 2.30 bits per heavy atom. The van der Waals surface area contributed by atoms with Crippen LogP contribution in [0.2, 0.25) is 0 Å². The highest BCUT2D eigenvalue weighted by Gasteiger charge is 2.03. The molecular weight excluding hydrogens is 250 g/mol. The molecule has 3 aromatic rings. The van der Waals surface area contributed by atoms with Gasteiger partial charge in [-0.1, -0.05) is 47.7 Å². The van der Waals surface area contributed by atoms with Gasteiger partial charge in [0.25, 0.3) is 0 Å². The molecule has 4 nitrogen and oxygen atoms in total. The number of rotatable bonds is 4. The van der Waals surface area contributed by atoms with E-state index in [0.29, 0.717) is 6.42 Å². The number of benzene rings is 2. The van der Waals surface area contributed by atoms with Crippen LogP contribution in [0, 0.1) is 0 Å². The van der Waals surface area contributed by atoms with Gasteiger partial charge in [0.05, 0.1) is 17.6 Å². The third-order valence-corrected chi connectivity index (χ3v) is 3.15. The Hall–Kier alpha value is -2.46. The second-order valence-corrected chi connectivity index (χ2v) is 4.54. The number of aliphatic hydroxyl groups excluding tert-OH is 1. The fourth-order valence-electron chi connectivity index (χ4n) is 2.09. The first-order valence-corrected chi connectivity index (χ1v) is 6.55. The quantitative estimate of drug-likeness (QED) is 0.788. The van der Waals surface area contributed by atoms with Crippen LogP contribution in [0.25, 0.3) is 16.8 Å². The van der Waals surface area contributed by atoms with Crippen LogP contribution in [-0.4, -0.2) is 26.7 Å². The van der Waals surface area contributed by atoms with Crippen molar-refractivity contribution in [1.29, 1.82) is 0 Å². The van der Waals surface area contributed by atoms with Crippen LogP contribution >= 0.6 is 0 Å². The molecule has 100 valence electrons. The lowest BCUT2D eigenvalue weighted by Gasteiger charge is -2.03. The summed E-state index contributed by atoms with van der Waals surface area (Å²) >= 11 is 0. The average molecular weight is 265 g/mol. The molecule has 0 aliphatic carbocycles. The maximum Gasteiger partial charge on any atom is 0.0854 e. The molecule has 1 aromatic heterocycles. The summed E-state index contributed by atoms with van der Waals surface area (Å²) < 4.78 is 1.72. The van der Waals surface area contributed by atoms with E-state index in [1.54, 1.807) is 4.68 Å². The Morgan fingerprint density at radius 2 is 1.60 bits per heavy atom. The zero-order chi connectivity index (χ0) is 13.8. The lowest BCUT2D eigenvalue weighted by Crippen LogP contribution is -1.94. The van der Waals surface area contributed by atoms with E-state index in [1.807, 2.05) is 36.5 Å². The summed E-state index contributed by atoms with van der Waals surface area (Å²) in [6.07, 6.45) is 2.37. The Bertz CT molecular complexity index is 674. The van der Waals surface area contributed by atoms with E-state index in [0.717, 1.165) is 11.4 Å². The SMILES string of the molecule is OCCc1cn(-c2ccc(-c3ccccc3)cc2)nn1. The van der Waals surface area contributed by atoms with Crippen LogP contribution in [0.4, 0.5) is 0 Å². The summed E-state index contributed by atoms with van der Waals surface area (Å²) in [5.74, 6) is 0. The van der Waals surface area contributed by atoms with Crippen LogP contribution < -0.4 is 0 Å². The predicted molar refractivity (Wildman–Crippen MR) is 77.6 cm³/mol. The van der Waals surface area contributed by atoms with E-state index in [1.165, 1.54) is 11.1 Å². The van der Waals surface area contributed by atoms with Crippen LogP contribution in [0.3, 0.4) is 0 Å². The first-order chi connectivity index (χ1) is 9.86. The zero-order valence-electron chi connectivity index (χ0n) is 11.0. The van der Waals surface area contributed by atoms with E-state index >= 15 is 0 Å². The molecule has 0 radical (unpaired) electrons. The summed E-state index contributed by atoms with van der Waals surface area (Å²) in [6.45, 7) is 0.0889. The zero-order valence-corrected chi connectivity index (χ0v) is 11.0. The van der Waals surface area contributed by atoms with Gasteiger partial charge in [0.2, 0.25) is 0 Å². The van der Waals surface area contributed by atoms with Crippen molar-refractivity contribution < 1.29 is 5.11 Å². The topological polar surface area (TPSA) is 50.9 Å². The fourth-order valence-corrected chi connectivity index (χ4v) is 2.09. The standard InChI is InChI=1S/C16H15N3O/c20-11-10-15-12-19(18-17-15)16-8-6-14(7-9-16)13-4-2-1-3-5-13/h1-9,12,20H,10-11H2. The van der Waals surface area contributed by atoms with E-state index in [2.05, 4.69) is 34.6 Å². The van der Waals surface area contributed by atoms with Crippen molar-refractivity contribution in [2.24, 2.45) is 0 Å². The van der Waals surface area contributed by atoms with Crippen LogP contribution in [0.1, 0.15) is 5.69 Å². The van der Waals surface area contributed by atoms with Gasteiger partial charge in [-0.3, -0.25) is 0 Å². The van der Waals surface area contributed by atoms with E-state index < -0.39 is 0 Å². The Balaban J connectivity index is 1.85. The molecule has 0 fully saturated rings. The third kappa shape index (κ3) is 2.60. The maximum atomic E-state index is 8.88. The summed E-state index contributed by atoms with van der Waals surface area (Å²) in [6, 6.07) is 18.4. The molecule has 0 spiro atoms. The summed E-state index contributed by atoms with van der Waals surface area (Å²) in [7, 11) is 0. The Kier molecular flexibility index (Phi) is 3.56. The largest absolute Gasteiger partial charge is 0.396 e. The molecule has 20 heavy (non-hydrogen) atoms. The van der Waals surface area contributed by atoms with Crippen LogP contribution in [0.5, 0.6) is 0 Å². The minimum Gasteiger partial charge on any atom is -0.396 e. The highest BCUT2D eigenvalue weighted by atomic mass is 16.3. The number of aliphatic hydroxyl groups is 1. The highest BCUT2D eigenvalue weighted by Crippen LogP contribution is 2.20. The van der Waals surface area contributed by atoms with E-state index in [-0.39, 0.29) is 6.61 Å². The van der Waals surface area contributed by atoms with E-state index in [4.69, 9.17) is 5.11 Å². The molecule has 0 aliphatic rings. The van der Waals surface area contributed by atoms with Crippen LogP contribution in [-0.2, 0) is 6.42 Å². The van der Waals surface area contributed by atoms with Gasteiger partial charge in [-0.25, -0.2) is 4.68 Å². The molecule has 1 N–H and O–H groups in total. The smallest absolute Gasteiger partial charge is 0.0854 e. The minimum atomic E-state index is 0.0889. The van der Waals surface area contributed by atoms with Crippen molar-refractivity contribution in [2.75, 3.05) is 6.61 Å². The second kappa shape index (κ2) is 5.67. The number of hydrogen-bond acceptors (Lipinski definition) is 3. The molecular formula is C16H15N3O. The lowest BCUT2D eigenvalue weighted by atomic mass is 10.1. The molecule has 0 amide bonds. The first kappa shape index (κ1) is 12.6. The number of hydrogen-bond donors (Lipinski definition) is 1. The predicted octanol–water partition coefficient (Wildman–Crippen LogP) is 2.47. The van der Waals surface area contributed by atoms with Crippen molar-refractivity contribution in [1.82, 2.24) is 15.0 Å². The number of nitrogens with zero attached hydrogens (tertiary/aromatic N) is 3. The van der Waals surface area contributed by atoms with Gasteiger partial charge in [-0.05, 0) is 23.3 Å². The third-order valence-electron chi connectivity index (χ3n) is 3.15. The molecule has 4 heteroatoms. The monoisotopic (exact) mass is 265 g/mol. The van der Waals surface area contributed by atoms with Gasteiger partial charge in [-0.15, -0.1) is 5.10 Å². The van der Waals surface area contributed by atoms with Crippen molar-refractivity contribution in [3.8, 4) is 16.8 Å². The molecule has 0 unspecified atom stereocenters. The molecule has 0 bridgehead atoms. The van der Waals surface area contributed by atoms with Crippen molar-refractivity contribution in [2.45, 2.75) is 6.42 Å². The first-order valence-electron chi connectivity index (χ1n) is 6.55. The van der Waals surface area contributed by atoms with Gasteiger partial charge >= 0.3 is 0 Å². The Labute approximate surface area is 117 Å². The van der Waals surface area contributed by atoms with Crippen molar-refractivity contribution in [3.63, 3.8) is 0 Å². The fraction of sp³-hybridized carbons (Fsp3) is 0.125. The van der Waals surface area contributed by atoms with Gasteiger partial charge in [0, 0.05) is 13.0 Å². The van der Waals surface area contributed by atoms with Gasteiger partial charge in [0.15, 0.2) is 0 Å². The molecule has 0 saturated heterocycles. The molecule has 0 saturated carbocycles.